The molecular formula is C31H42O5Si. The van der Waals surface area contributed by atoms with Crippen LogP contribution in [0.4, 0.5) is 0 Å². The first-order chi connectivity index (χ1) is 17.4. The van der Waals surface area contributed by atoms with Crippen molar-refractivity contribution < 1.29 is 23.8 Å². The molecule has 0 aromatic heterocycles. The van der Waals surface area contributed by atoms with Gasteiger partial charge in [0.15, 0.2) is 0 Å². The van der Waals surface area contributed by atoms with Gasteiger partial charge < -0.3 is 19.0 Å². The molecule has 1 aliphatic carbocycles. The number of carboxylic acids is 1. The Morgan fingerprint density at radius 1 is 1.08 bits per heavy atom. The predicted molar refractivity (Wildman–Crippen MR) is 148 cm³/mol. The molecule has 0 unspecified atom stereocenters. The summed E-state index contributed by atoms with van der Waals surface area (Å²) in [5, 5.41) is 12.1. The molecule has 5 nitrogen and oxygen atoms in total. The van der Waals surface area contributed by atoms with Crippen LogP contribution >= 0.6 is 0 Å². The predicted octanol–water partition coefficient (Wildman–Crippen LogP) is 5.02. The Kier molecular flexibility index (Phi) is 6.50. The number of hydrogen-bond donors (Lipinski definition) is 1. The third kappa shape index (κ3) is 3.78. The molecule has 1 spiro atoms. The van der Waals surface area contributed by atoms with Gasteiger partial charge in [0.25, 0.3) is 8.32 Å². The van der Waals surface area contributed by atoms with Crippen molar-refractivity contribution in [2.24, 2.45) is 17.3 Å². The van der Waals surface area contributed by atoms with Crippen molar-refractivity contribution in [2.75, 3.05) is 13.2 Å². The molecule has 200 valence electrons. The molecule has 5 rings (SSSR count). The molecule has 6 heteroatoms. The van der Waals surface area contributed by atoms with Gasteiger partial charge >= 0.3 is 5.97 Å². The van der Waals surface area contributed by atoms with E-state index >= 15 is 0 Å². The van der Waals surface area contributed by atoms with Crippen LogP contribution in [0, 0.1) is 17.3 Å². The Hall–Kier alpha value is -1.99. The Morgan fingerprint density at radius 3 is 2.16 bits per heavy atom. The SMILES string of the molecule is C[C@@H](C(=O)O)[C@@H]1CC[C@@]2(C)CO[C@]3(C)[C@@H](CO[Si](c4ccccc4)(c4ccccc4)C(C)(C)C)O[C@]23C1. The van der Waals surface area contributed by atoms with Crippen LogP contribution in [0.3, 0.4) is 0 Å². The average molecular weight is 523 g/mol. The zero-order valence-corrected chi connectivity index (χ0v) is 24.1. The number of benzene rings is 2. The third-order valence-corrected chi connectivity index (χ3v) is 15.0. The van der Waals surface area contributed by atoms with E-state index in [1.54, 1.807) is 0 Å². The first-order valence-corrected chi connectivity index (χ1v) is 15.6. The van der Waals surface area contributed by atoms with Crippen LogP contribution in [0.25, 0.3) is 0 Å². The molecule has 3 aliphatic rings. The van der Waals surface area contributed by atoms with Gasteiger partial charge in [-0.05, 0) is 47.5 Å². The van der Waals surface area contributed by atoms with Crippen molar-refractivity contribution in [3.05, 3.63) is 60.7 Å². The Labute approximate surface area is 222 Å². The van der Waals surface area contributed by atoms with Crippen LogP contribution in [0.1, 0.15) is 60.8 Å². The molecule has 1 N–H and O–H groups in total. The van der Waals surface area contributed by atoms with E-state index in [0.29, 0.717) is 13.2 Å². The molecule has 0 radical (unpaired) electrons. The van der Waals surface area contributed by atoms with Crippen LogP contribution in [-0.4, -0.2) is 49.9 Å². The molecule has 0 bridgehead atoms. The minimum Gasteiger partial charge on any atom is -0.481 e. The number of rotatable bonds is 7. The summed E-state index contributed by atoms with van der Waals surface area (Å²) in [6, 6.07) is 21.3. The number of carbonyl (C=O) groups is 1. The summed E-state index contributed by atoms with van der Waals surface area (Å²) in [4.78, 5) is 11.8. The topological polar surface area (TPSA) is 65.0 Å². The van der Waals surface area contributed by atoms with Crippen LogP contribution in [0.2, 0.25) is 5.04 Å². The highest BCUT2D eigenvalue weighted by Crippen LogP contribution is 2.67. The fraction of sp³-hybridized carbons (Fsp3) is 0.581. The second-order valence-corrected chi connectivity index (χ2v) is 17.3. The van der Waals surface area contributed by atoms with Crippen LogP contribution in [0.15, 0.2) is 60.7 Å². The van der Waals surface area contributed by atoms with E-state index in [0.717, 1.165) is 19.3 Å². The zero-order valence-electron chi connectivity index (χ0n) is 23.1. The number of ether oxygens (including phenoxy) is 2. The Bertz CT molecular complexity index is 1090. The number of carboxylic acid groups (broad SMARTS) is 1. The van der Waals surface area contributed by atoms with E-state index in [1.807, 2.05) is 6.92 Å². The van der Waals surface area contributed by atoms with E-state index in [1.165, 1.54) is 10.4 Å². The van der Waals surface area contributed by atoms with Gasteiger partial charge in [0.2, 0.25) is 0 Å². The second-order valence-electron chi connectivity index (χ2n) is 13.0. The van der Waals surface area contributed by atoms with E-state index in [9.17, 15) is 9.90 Å². The molecule has 2 aliphatic heterocycles. The molecule has 2 aromatic rings. The monoisotopic (exact) mass is 522 g/mol. The number of aliphatic carboxylic acids is 1. The summed E-state index contributed by atoms with van der Waals surface area (Å²) in [6.45, 7) is 14.2. The van der Waals surface area contributed by atoms with E-state index in [4.69, 9.17) is 13.9 Å². The molecule has 1 saturated carbocycles. The smallest absolute Gasteiger partial charge is 0.306 e. The quantitative estimate of drug-likeness (QED) is 0.518. The molecule has 2 saturated heterocycles. The highest BCUT2D eigenvalue weighted by molar-refractivity contribution is 6.99. The molecule has 0 amide bonds. The van der Waals surface area contributed by atoms with Crippen LogP contribution in [0.5, 0.6) is 0 Å². The van der Waals surface area contributed by atoms with Crippen molar-refractivity contribution >= 4 is 24.7 Å². The minimum atomic E-state index is -2.70. The van der Waals surface area contributed by atoms with Gasteiger partial charge in [-0.3, -0.25) is 4.79 Å². The van der Waals surface area contributed by atoms with Crippen LogP contribution in [-0.2, 0) is 18.7 Å². The maximum Gasteiger partial charge on any atom is 0.306 e. The number of hydrogen-bond acceptors (Lipinski definition) is 4. The first-order valence-electron chi connectivity index (χ1n) is 13.7. The van der Waals surface area contributed by atoms with Gasteiger partial charge in [-0.2, -0.15) is 0 Å². The fourth-order valence-electron chi connectivity index (χ4n) is 7.58. The lowest BCUT2D eigenvalue weighted by molar-refractivity contribution is -0.356. The molecule has 2 aromatic carbocycles. The third-order valence-electron chi connectivity index (χ3n) is 10.0. The van der Waals surface area contributed by atoms with E-state index < -0.39 is 25.5 Å². The van der Waals surface area contributed by atoms with Gasteiger partial charge in [0.1, 0.15) is 17.3 Å². The average Bonchev–Trinajstić information content (AvgIpc) is 3.05. The van der Waals surface area contributed by atoms with Crippen molar-refractivity contribution in [3.8, 4) is 0 Å². The maximum atomic E-state index is 11.8. The summed E-state index contributed by atoms with van der Waals surface area (Å²) in [5.74, 6) is -1.03. The maximum absolute atomic E-state index is 11.8. The standard InChI is InChI=1S/C31H42O5Si/c1-22(27(32)33)23-17-18-29(5)21-34-30(6)26(36-31(29,30)19-23)20-35-37(28(2,3)4,24-13-9-7-10-14-24)25-15-11-8-12-16-25/h7-16,22-23,26H,17-21H2,1-6H3,(H,32,33)/t22-,23-,26-,29+,30-,31-/m1/s1. The van der Waals surface area contributed by atoms with Crippen molar-refractivity contribution in [3.63, 3.8) is 0 Å². The molecule has 6 atom stereocenters. The summed E-state index contributed by atoms with van der Waals surface area (Å²) >= 11 is 0. The van der Waals surface area contributed by atoms with Gasteiger partial charge in [-0.15, -0.1) is 0 Å². The highest BCUT2D eigenvalue weighted by Gasteiger charge is 2.78. The summed E-state index contributed by atoms with van der Waals surface area (Å²) in [6.07, 6.45) is 2.35. The highest BCUT2D eigenvalue weighted by atomic mass is 28.4. The summed E-state index contributed by atoms with van der Waals surface area (Å²) in [7, 11) is -2.70. The second kappa shape index (κ2) is 9.04. The molecule has 37 heavy (non-hydrogen) atoms. The Balaban J connectivity index is 1.46. The lowest BCUT2D eigenvalue weighted by Crippen LogP contribution is -2.78. The van der Waals surface area contributed by atoms with E-state index in [2.05, 4.69) is 95.3 Å². The largest absolute Gasteiger partial charge is 0.481 e. The van der Waals surface area contributed by atoms with Gasteiger partial charge in [-0.25, -0.2) is 0 Å². The molecular weight excluding hydrogens is 480 g/mol. The van der Waals surface area contributed by atoms with Crippen molar-refractivity contribution in [1.82, 2.24) is 0 Å². The Morgan fingerprint density at radius 2 is 1.65 bits per heavy atom. The first kappa shape index (κ1) is 26.6. The normalized spacial score (nSPS) is 34.2. The minimum absolute atomic E-state index is 0.0881. The van der Waals surface area contributed by atoms with E-state index in [-0.39, 0.29) is 28.4 Å². The molecule has 3 fully saturated rings. The lowest BCUT2D eigenvalue weighted by atomic mass is 9.52. The van der Waals surface area contributed by atoms with Crippen LogP contribution < -0.4 is 10.4 Å². The summed E-state index contributed by atoms with van der Waals surface area (Å²) in [5.41, 5.74) is -1.07. The van der Waals surface area contributed by atoms with Crippen molar-refractivity contribution in [2.45, 2.75) is 83.1 Å². The molecule has 2 heterocycles. The zero-order chi connectivity index (χ0) is 26.7. The van der Waals surface area contributed by atoms with Gasteiger partial charge in [0, 0.05) is 5.41 Å². The van der Waals surface area contributed by atoms with Gasteiger partial charge in [0.05, 0.1) is 19.1 Å². The summed E-state index contributed by atoms with van der Waals surface area (Å²) < 4.78 is 20.7. The fourth-order valence-corrected chi connectivity index (χ4v) is 12.1. The lowest BCUT2D eigenvalue weighted by Gasteiger charge is -2.65. The van der Waals surface area contributed by atoms with Gasteiger partial charge in [-0.1, -0.05) is 95.3 Å². The van der Waals surface area contributed by atoms with Crippen molar-refractivity contribution in [1.29, 1.82) is 0 Å².